The first kappa shape index (κ1) is 16.5. The molecule has 0 spiro atoms. The molecule has 0 unspecified atom stereocenters. The van der Waals surface area contributed by atoms with E-state index in [9.17, 15) is 9.59 Å². The summed E-state index contributed by atoms with van der Waals surface area (Å²) in [7, 11) is 0. The maximum absolute atomic E-state index is 12.0. The molecule has 0 atom stereocenters. The Labute approximate surface area is 123 Å². The fourth-order valence-electron chi connectivity index (χ4n) is 1.61. The minimum Gasteiger partial charge on any atom is -0.373 e. The molecule has 1 rings (SSSR count). The number of aromatic nitrogens is 2. The summed E-state index contributed by atoms with van der Waals surface area (Å²) < 4.78 is 1.33. The molecule has 0 aliphatic rings. The molecule has 7 heteroatoms. The number of amides is 1. The molecule has 1 amide bonds. The zero-order valence-electron chi connectivity index (χ0n) is 12.2. The normalized spacial score (nSPS) is 10.9. The molecular formula is C13H21ClN4O2. The van der Waals surface area contributed by atoms with Crippen LogP contribution in [0.5, 0.6) is 0 Å². The third kappa shape index (κ3) is 4.85. The van der Waals surface area contributed by atoms with Gasteiger partial charge in [0.2, 0.25) is 5.91 Å². The molecule has 1 aromatic heterocycles. The van der Waals surface area contributed by atoms with Crippen molar-refractivity contribution in [3.05, 3.63) is 21.6 Å². The molecule has 0 saturated carbocycles. The molecular weight excluding hydrogens is 280 g/mol. The summed E-state index contributed by atoms with van der Waals surface area (Å²) >= 11 is 6.00. The number of carbonyl (C=O) groups is 1. The summed E-state index contributed by atoms with van der Waals surface area (Å²) in [5.41, 5.74) is 0.0187. The Kier molecular flexibility index (Phi) is 6.01. The predicted octanol–water partition coefficient (Wildman–Crippen LogP) is 1.49. The van der Waals surface area contributed by atoms with E-state index in [1.54, 1.807) is 0 Å². The van der Waals surface area contributed by atoms with Gasteiger partial charge in [-0.25, -0.2) is 4.68 Å². The third-order valence-corrected chi connectivity index (χ3v) is 2.78. The summed E-state index contributed by atoms with van der Waals surface area (Å²) in [6.45, 7) is 8.29. The van der Waals surface area contributed by atoms with Gasteiger partial charge in [0, 0.05) is 12.6 Å². The van der Waals surface area contributed by atoms with E-state index < -0.39 is 0 Å². The highest BCUT2D eigenvalue weighted by Crippen LogP contribution is 2.15. The van der Waals surface area contributed by atoms with Gasteiger partial charge in [-0.1, -0.05) is 25.4 Å². The number of nitrogens with one attached hydrogen (secondary N) is 2. The van der Waals surface area contributed by atoms with Crippen molar-refractivity contribution in [2.75, 3.05) is 11.9 Å². The first-order valence-corrected chi connectivity index (χ1v) is 6.98. The van der Waals surface area contributed by atoms with Crippen LogP contribution in [0.4, 0.5) is 5.69 Å². The standard InChI is InChI=1S/C13H21ClN4O2/c1-8(2)7-18-13(20)12(14)10(5-16-18)15-6-11(19)17-9(3)4/h5,8-9,15H,6-7H2,1-4H3,(H,17,19). The van der Waals surface area contributed by atoms with E-state index in [2.05, 4.69) is 15.7 Å². The zero-order chi connectivity index (χ0) is 15.3. The van der Waals surface area contributed by atoms with Crippen molar-refractivity contribution in [1.29, 1.82) is 0 Å². The fourth-order valence-corrected chi connectivity index (χ4v) is 1.83. The molecule has 0 radical (unpaired) electrons. The van der Waals surface area contributed by atoms with Crippen molar-refractivity contribution in [3.63, 3.8) is 0 Å². The van der Waals surface area contributed by atoms with E-state index in [-0.39, 0.29) is 29.1 Å². The monoisotopic (exact) mass is 300 g/mol. The van der Waals surface area contributed by atoms with E-state index in [0.717, 1.165) is 0 Å². The Morgan fingerprint density at radius 1 is 1.40 bits per heavy atom. The van der Waals surface area contributed by atoms with Crippen LogP contribution in [-0.4, -0.2) is 28.3 Å². The van der Waals surface area contributed by atoms with Gasteiger partial charge in [0.05, 0.1) is 18.4 Å². The highest BCUT2D eigenvalue weighted by molar-refractivity contribution is 6.33. The summed E-state index contributed by atoms with van der Waals surface area (Å²) in [4.78, 5) is 23.5. The van der Waals surface area contributed by atoms with Crippen LogP contribution in [0.25, 0.3) is 0 Å². The molecule has 0 aromatic carbocycles. The first-order valence-electron chi connectivity index (χ1n) is 6.60. The van der Waals surface area contributed by atoms with Gasteiger partial charge in [0.25, 0.3) is 5.56 Å². The number of rotatable bonds is 6. The predicted molar refractivity (Wildman–Crippen MR) is 80.1 cm³/mol. The second-order valence-electron chi connectivity index (χ2n) is 5.33. The Balaban J connectivity index is 2.76. The molecule has 112 valence electrons. The van der Waals surface area contributed by atoms with Crippen LogP contribution in [0.1, 0.15) is 27.7 Å². The highest BCUT2D eigenvalue weighted by atomic mass is 35.5. The minimum absolute atomic E-state index is 0.0488. The van der Waals surface area contributed by atoms with Gasteiger partial charge in [-0.05, 0) is 19.8 Å². The smallest absolute Gasteiger partial charge is 0.287 e. The third-order valence-electron chi connectivity index (χ3n) is 2.41. The largest absolute Gasteiger partial charge is 0.373 e. The SMILES string of the molecule is CC(C)Cn1ncc(NCC(=O)NC(C)C)c(Cl)c1=O. The molecule has 1 aromatic rings. The second-order valence-corrected chi connectivity index (χ2v) is 5.71. The lowest BCUT2D eigenvalue weighted by molar-refractivity contribution is -0.119. The van der Waals surface area contributed by atoms with Gasteiger partial charge in [0.1, 0.15) is 5.02 Å². The summed E-state index contributed by atoms with van der Waals surface area (Å²) in [5.74, 6) is 0.134. The average Bonchev–Trinajstić information content (AvgIpc) is 2.33. The Morgan fingerprint density at radius 2 is 2.05 bits per heavy atom. The maximum atomic E-state index is 12.0. The molecule has 0 aliphatic heterocycles. The first-order chi connectivity index (χ1) is 9.31. The van der Waals surface area contributed by atoms with E-state index >= 15 is 0 Å². The molecule has 0 fully saturated rings. The number of hydrogen-bond acceptors (Lipinski definition) is 4. The molecule has 2 N–H and O–H groups in total. The van der Waals surface area contributed by atoms with Gasteiger partial charge in [0.15, 0.2) is 0 Å². The maximum Gasteiger partial charge on any atom is 0.287 e. The molecule has 0 bridgehead atoms. The average molecular weight is 301 g/mol. The number of carbonyl (C=O) groups excluding carboxylic acids is 1. The van der Waals surface area contributed by atoms with E-state index in [4.69, 9.17) is 11.6 Å². The Bertz CT molecular complexity index is 526. The summed E-state index contributed by atoms with van der Waals surface area (Å²) in [6.07, 6.45) is 1.47. The van der Waals surface area contributed by atoms with Crippen LogP contribution in [-0.2, 0) is 11.3 Å². The summed E-state index contributed by atoms with van der Waals surface area (Å²) in [5, 5.41) is 9.65. The topological polar surface area (TPSA) is 76.0 Å². The van der Waals surface area contributed by atoms with Gasteiger partial charge < -0.3 is 10.6 Å². The molecule has 0 saturated heterocycles. The fraction of sp³-hybridized carbons (Fsp3) is 0.615. The highest BCUT2D eigenvalue weighted by Gasteiger charge is 2.11. The van der Waals surface area contributed by atoms with Crippen LogP contribution < -0.4 is 16.2 Å². The van der Waals surface area contributed by atoms with Gasteiger partial charge in [-0.2, -0.15) is 5.10 Å². The van der Waals surface area contributed by atoms with Crippen LogP contribution in [0.3, 0.4) is 0 Å². The van der Waals surface area contributed by atoms with Crippen LogP contribution >= 0.6 is 11.6 Å². The number of nitrogens with zero attached hydrogens (tertiary/aromatic N) is 2. The van der Waals surface area contributed by atoms with Crippen LogP contribution in [0.2, 0.25) is 5.02 Å². The van der Waals surface area contributed by atoms with Crippen molar-refractivity contribution < 1.29 is 4.79 Å². The lowest BCUT2D eigenvalue weighted by Gasteiger charge is -2.12. The van der Waals surface area contributed by atoms with Crippen molar-refractivity contribution in [2.45, 2.75) is 40.3 Å². The van der Waals surface area contributed by atoms with Gasteiger partial charge in [-0.3, -0.25) is 9.59 Å². The molecule has 20 heavy (non-hydrogen) atoms. The van der Waals surface area contributed by atoms with E-state index in [0.29, 0.717) is 18.2 Å². The van der Waals surface area contributed by atoms with Crippen molar-refractivity contribution in [3.8, 4) is 0 Å². The Morgan fingerprint density at radius 3 is 2.60 bits per heavy atom. The number of anilines is 1. The lowest BCUT2D eigenvalue weighted by Crippen LogP contribution is -2.35. The number of hydrogen-bond donors (Lipinski definition) is 2. The molecule has 6 nitrogen and oxygen atoms in total. The summed E-state index contributed by atoms with van der Waals surface area (Å²) in [6, 6.07) is 0.0666. The quantitative estimate of drug-likeness (QED) is 0.834. The van der Waals surface area contributed by atoms with Crippen molar-refractivity contribution in [2.24, 2.45) is 5.92 Å². The number of halogens is 1. The lowest BCUT2D eigenvalue weighted by atomic mass is 10.2. The van der Waals surface area contributed by atoms with Crippen LogP contribution in [0, 0.1) is 5.92 Å². The molecule has 1 heterocycles. The van der Waals surface area contributed by atoms with E-state index in [1.807, 2.05) is 27.7 Å². The second kappa shape index (κ2) is 7.28. The van der Waals surface area contributed by atoms with Crippen LogP contribution in [0.15, 0.2) is 11.0 Å². The van der Waals surface area contributed by atoms with Crippen molar-refractivity contribution >= 4 is 23.2 Å². The van der Waals surface area contributed by atoms with E-state index in [1.165, 1.54) is 10.9 Å². The van der Waals surface area contributed by atoms with Gasteiger partial charge in [-0.15, -0.1) is 0 Å². The molecule has 0 aliphatic carbocycles. The minimum atomic E-state index is -0.352. The van der Waals surface area contributed by atoms with Crippen molar-refractivity contribution in [1.82, 2.24) is 15.1 Å². The Hall–Kier alpha value is -1.56. The van der Waals surface area contributed by atoms with Gasteiger partial charge >= 0.3 is 0 Å². The zero-order valence-corrected chi connectivity index (χ0v) is 13.0.